The summed E-state index contributed by atoms with van der Waals surface area (Å²) in [5.41, 5.74) is 0.863. The van der Waals surface area contributed by atoms with Crippen molar-refractivity contribution < 1.29 is 32.2 Å². The predicted octanol–water partition coefficient (Wildman–Crippen LogP) is 5.40. The molecule has 2 amide bonds. The molecule has 4 aromatic rings. The molecule has 1 aliphatic heterocycles. The van der Waals surface area contributed by atoms with Gasteiger partial charge in [0.05, 0.1) is 48.5 Å². The van der Waals surface area contributed by atoms with Crippen LogP contribution in [-0.2, 0) is 19.3 Å². The van der Waals surface area contributed by atoms with E-state index in [0.717, 1.165) is 30.7 Å². The number of rotatable bonds is 6. The Hall–Kier alpha value is -4.30. The van der Waals surface area contributed by atoms with Crippen LogP contribution < -0.4 is 14.8 Å². The maximum atomic E-state index is 13.4. The van der Waals surface area contributed by atoms with E-state index < -0.39 is 35.0 Å². The van der Waals surface area contributed by atoms with Gasteiger partial charge in [-0.15, -0.1) is 0 Å². The predicted molar refractivity (Wildman–Crippen MR) is 143 cm³/mol. The first kappa shape index (κ1) is 28.2. The zero-order valence-electron chi connectivity index (χ0n) is 21.7. The van der Waals surface area contributed by atoms with Gasteiger partial charge >= 0.3 is 6.18 Å². The number of alkyl halides is 3. The van der Waals surface area contributed by atoms with Crippen molar-refractivity contribution in [3.63, 3.8) is 0 Å². The first-order chi connectivity index (χ1) is 19.5. The largest absolute Gasteiger partial charge is 0.494 e. The van der Waals surface area contributed by atoms with Crippen LogP contribution in [0.15, 0.2) is 36.8 Å². The Morgan fingerprint density at radius 3 is 2.54 bits per heavy atom. The number of hydrogen-bond acceptors (Lipinski definition) is 9. The van der Waals surface area contributed by atoms with Crippen molar-refractivity contribution >= 4 is 39.9 Å². The summed E-state index contributed by atoms with van der Waals surface area (Å²) >= 11 is 7.30. The lowest BCUT2D eigenvalue weighted by Gasteiger charge is -2.19. The van der Waals surface area contributed by atoms with Gasteiger partial charge in [-0.25, -0.2) is 15.0 Å². The van der Waals surface area contributed by atoms with E-state index in [1.807, 2.05) is 0 Å². The van der Waals surface area contributed by atoms with Gasteiger partial charge in [-0.05, 0) is 25.1 Å². The average Bonchev–Trinajstić information content (AvgIpc) is 3.50. The van der Waals surface area contributed by atoms with Gasteiger partial charge in [0.2, 0.25) is 5.88 Å². The van der Waals surface area contributed by atoms with Gasteiger partial charge in [0, 0.05) is 35.4 Å². The molecule has 0 bridgehead atoms. The average molecular weight is 605 g/mol. The van der Waals surface area contributed by atoms with Crippen LogP contribution in [0.3, 0.4) is 0 Å². The Morgan fingerprint density at radius 2 is 1.85 bits per heavy atom. The molecule has 5 heterocycles. The molecule has 4 aromatic heterocycles. The van der Waals surface area contributed by atoms with Gasteiger partial charge < -0.3 is 14.4 Å². The molecule has 5 rings (SSSR count). The number of carbonyl (C=O) groups is 2. The summed E-state index contributed by atoms with van der Waals surface area (Å²) in [5.74, 6) is -1.59. The van der Waals surface area contributed by atoms with Crippen molar-refractivity contribution in [3.05, 3.63) is 74.9 Å². The number of ether oxygens (including phenoxy) is 2. The summed E-state index contributed by atoms with van der Waals surface area (Å²) in [7, 11) is 2.51. The van der Waals surface area contributed by atoms with Crippen LogP contribution in [-0.4, -0.2) is 50.9 Å². The molecule has 0 atom stereocenters. The lowest BCUT2D eigenvalue weighted by Crippen LogP contribution is -2.27. The third-order valence-corrected chi connectivity index (χ3v) is 7.37. The van der Waals surface area contributed by atoms with Crippen LogP contribution >= 0.6 is 22.9 Å². The molecule has 0 saturated heterocycles. The van der Waals surface area contributed by atoms with Crippen molar-refractivity contribution in [3.8, 4) is 22.8 Å². The first-order valence-electron chi connectivity index (χ1n) is 11.9. The first-order valence-corrected chi connectivity index (χ1v) is 13.1. The number of nitrogens with one attached hydrogen (secondary N) is 1. The highest BCUT2D eigenvalue weighted by atomic mass is 35.5. The molecule has 0 saturated carbocycles. The van der Waals surface area contributed by atoms with Crippen molar-refractivity contribution in [2.24, 2.45) is 0 Å². The van der Waals surface area contributed by atoms with Gasteiger partial charge in [-0.2, -0.15) is 13.2 Å². The lowest BCUT2D eigenvalue weighted by molar-refractivity contribution is -0.138. The number of methoxy groups -OCH3 is 2. The Balaban J connectivity index is 1.36. The monoisotopic (exact) mass is 604 g/mol. The number of amides is 2. The second-order valence-electron chi connectivity index (χ2n) is 8.82. The quantitative estimate of drug-likeness (QED) is 0.311. The molecule has 0 fully saturated rings. The van der Waals surface area contributed by atoms with Gasteiger partial charge in [0.1, 0.15) is 5.56 Å². The molecule has 1 aliphatic rings. The lowest BCUT2D eigenvalue weighted by atomic mass is 10.0. The van der Waals surface area contributed by atoms with Gasteiger partial charge in [-0.3, -0.25) is 19.9 Å². The van der Waals surface area contributed by atoms with Gasteiger partial charge in [-0.1, -0.05) is 22.9 Å². The Morgan fingerprint density at radius 1 is 1.07 bits per heavy atom. The third kappa shape index (κ3) is 5.52. The molecule has 0 aliphatic carbocycles. The molecule has 10 nitrogen and oxygen atoms in total. The van der Waals surface area contributed by atoms with Crippen molar-refractivity contribution in [1.29, 1.82) is 0 Å². The number of aryl methyl sites for hydroxylation is 1. The smallest absolute Gasteiger partial charge is 0.420 e. The number of thiazole rings is 1. The van der Waals surface area contributed by atoms with Crippen LogP contribution in [0.25, 0.3) is 11.1 Å². The zero-order valence-corrected chi connectivity index (χ0v) is 23.2. The third-order valence-electron chi connectivity index (χ3n) is 6.16. The van der Waals surface area contributed by atoms with Gasteiger partial charge in [0.25, 0.3) is 11.8 Å². The zero-order chi connectivity index (χ0) is 29.5. The van der Waals surface area contributed by atoms with Crippen LogP contribution in [0.5, 0.6) is 11.6 Å². The summed E-state index contributed by atoms with van der Waals surface area (Å²) < 4.78 is 50.4. The topological polar surface area (TPSA) is 119 Å². The number of anilines is 1. The standard InChI is InChI=1S/C26H20ClF3N6O4S/c1-12-6-14(15-7-13(27)8-33-23(15)40-3)16(9-32-12)22(37)35-25-34-18-10-36(11-19(18)41-25)24(38)20-21(39-2)17(4-5-31-20)26(28,29)30/h4-9H,10-11H2,1-3H3,(H,34,35,37). The maximum absolute atomic E-state index is 13.4. The molecule has 0 aromatic carbocycles. The molecule has 0 unspecified atom stereocenters. The second kappa shape index (κ2) is 10.9. The molecule has 0 radical (unpaired) electrons. The Labute approximate surface area is 240 Å². The normalized spacial score (nSPS) is 12.7. The Bertz CT molecular complexity index is 1660. The number of fused-ring (bicyclic) bond motifs is 1. The SMILES string of the molecule is COc1ncc(Cl)cc1-c1cc(C)ncc1C(=O)Nc1nc2c(s1)CN(C(=O)c1nccc(C(F)(F)F)c1OC)C2. The highest BCUT2D eigenvalue weighted by molar-refractivity contribution is 7.16. The summed E-state index contributed by atoms with van der Waals surface area (Å²) in [5, 5.41) is 3.40. The highest BCUT2D eigenvalue weighted by Crippen LogP contribution is 2.39. The van der Waals surface area contributed by atoms with Crippen LogP contribution in [0, 0.1) is 6.92 Å². The van der Waals surface area contributed by atoms with Crippen LogP contribution in [0.2, 0.25) is 5.02 Å². The van der Waals surface area contributed by atoms with E-state index >= 15 is 0 Å². The summed E-state index contributed by atoms with van der Waals surface area (Å²) in [6.07, 6.45) is -0.943. The van der Waals surface area contributed by atoms with Gasteiger partial charge in [0.15, 0.2) is 16.6 Å². The fraction of sp³-hybridized carbons (Fsp3) is 0.231. The minimum atomic E-state index is -4.72. The van der Waals surface area contributed by atoms with Crippen molar-refractivity contribution in [2.45, 2.75) is 26.2 Å². The highest BCUT2D eigenvalue weighted by Gasteiger charge is 2.38. The molecule has 0 spiro atoms. The summed E-state index contributed by atoms with van der Waals surface area (Å²) in [6.45, 7) is 1.87. The van der Waals surface area contributed by atoms with Crippen LogP contribution in [0.1, 0.15) is 42.7 Å². The molecule has 212 valence electrons. The molecular formula is C26H20ClF3N6O4S. The molecule has 1 N–H and O–H groups in total. The van der Waals surface area contributed by atoms with Crippen molar-refractivity contribution in [1.82, 2.24) is 24.8 Å². The number of carbonyl (C=O) groups excluding carboxylic acids is 2. The second-order valence-corrected chi connectivity index (χ2v) is 10.3. The summed E-state index contributed by atoms with van der Waals surface area (Å²) in [6, 6.07) is 4.10. The molecule has 41 heavy (non-hydrogen) atoms. The van der Waals surface area contributed by atoms with E-state index in [9.17, 15) is 22.8 Å². The fourth-order valence-electron chi connectivity index (χ4n) is 4.33. The fourth-order valence-corrected chi connectivity index (χ4v) is 5.47. The Kier molecular flexibility index (Phi) is 7.53. The number of nitrogens with zero attached hydrogens (tertiary/aromatic N) is 5. The minimum absolute atomic E-state index is 0.0182. The number of pyridine rings is 3. The molecular weight excluding hydrogens is 585 g/mol. The maximum Gasteiger partial charge on any atom is 0.420 e. The number of aromatic nitrogens is 4. The van der Waals surface area contributed by atoms with E-state index in [2.05, 4.69) is 25.3 Å². The van der Waals surface area contributed by atoms with E-state index in [-0.39, 0.29) is 29.7 Å². The minimum Gasteiger partial charge on any atom is -0.494 e. The van der Waals surface area contributed by atoms with E-state index in [1.165, 1.54) is 24.4 Å². The van der Waals surface area contributed by atoms with E-state index in [4.69, 9.17) is 21.1 Å². The number of hydrogen-bond donors (Lipinski definition) is 1. The van der Waals surface area contributed by atoms with Crippen LogP contribution in [0.4, 0.5) is 18.3 Å². The molecule has 15 heteroatoms. The number of halogens is 4. The summed E-state index contributed by atoms with van der Waals surface area (Å²) in [4.78, 5) is 45.1. The van der Waals surface area contributed by atoms with E-state index in [1.54, 1.807) is 19.1 Å². The van der Waals surface area contributed by atoms with E-state index in [0.29, 0.717) is 32.4 Å². The van der Waals surface area contributed by atoms with Crippen molar-refractivity contribution in [2.75, 3.05) is 19.5 Å².